The molecule has 19 heavy (non-hydrogen) atoms. The van der Waals surface area contributed by atoms with Gasteiger partial charge < -0.3 is 11.1 Å². The highest BCUT2D eigenvalue weighted by Gasteiger charge is 2.23. The lowest BCUT2D eigenvalue weighted by Gasteiger charge is -2.31. The molecule has 1 aliphatic carbocycles. The highest BCUT2D eigenvalue weighted by Crippen LogP contribution is 2.26. The summed E-state index contributed by atoms with van der Waals surface area (Å²) in [5.74, 6) is 0.876. The maximum atomic E-state index is 12.1. The van der Waals surface area contributed by atoms with E-state index >= 15 is 0 Å². The molecule has 4 nitrogen and oxygen atoms in total. The quantitative estimate of drug-likeness (QED) is 0.811. The van der Waals surface area contributed by atoms with E-state index in [4.69, 9.17) is 5.73 Å². The molecule has 0 spiro atoms. The van der Waals surface area contributed by atoms with Gasteiger partial charge in [0.1, 0.15) is 0 Å². The third-order valence-corrected chi connectivity index (χ3v) is 4.75. The molecule has 1 heterocycles. The van der Waals surface area contributed by atoms with Crippen molar-refractivity contribution in [1.29, 1.82) is 0 Å². The number of amides is 1. The molecule has 0 aromatic carbocycles. The Labute approximate surface area is 117 Å². The highest BCUT2D eigenvalue weighted by atomic mass is 16.2. The van der Waals surface area contributed by atoms with Gasteiger partial charge in [0.05, 0.1) is 6.54 Å². The van der Waals surface area contributed by atoms with E-state index in [9.17, 15) is 4.79 Å². The summed E-state index contributed by atoms with van der Waals surface area (Å²) in [6, 6.07) is 0.667. The van der Waals surface area contributed by atoms with Crippen molar-refractivity contribution in [2.24, 2.45) is 11.7 Å². The van der Waals surface area contributed by atoms with Crippen molar-refractivity contribution in [3.05, 3.63) is 0 Å². The van der Waals surface area contributed by atoms with Crippen LogP contribution in [0, 0.1) is 5.92 Å². The lowest BCUT2D eigenvalue weighted by Crippen LogP contribution is -2.47. The third-order valence-electron chi connectivity index (χ3n) is 4.75. The van der Waals surface area contributed by atoms with Crippen LogP contribution in [0.25, 0.3) is 0 Å². The minimum Gasteiger partial charge on any atom is -0.352 e. The van der Waals surface area contributed by atoms with Gasteiger partial charge >= 0.3 is 0 Å². The van der Waals surface area contributed by atoms with Gasteiger partial charge in [0.2, 0.25) is 5.91 Å². The Kier molecular flexibility index (Phi) is 5.64. The molecule has 0 aromatic heterocycles. The van der Waals surface area contributed by atoms with Crippen LogP contribution in [0.3, 0.4) is 0 Å². The van der Waals surface area contributed by atoms with E-state index in [1.165, 1.54) is 32.1 Å². The number of hydrogen-bond acceptors (Lipinski definition) is 3. The van der Waals surface area contributed by atoms with Crippen molar-refractivity contribution < 1.29 is 4.79 Å². The predicted molar refractivity (Wildman–Crippen MR) is 77.8 cm³/mol. The molecular weight excluding hydrogens is 238 g/mol. The van der Waals surface area contributed by atoms with E-state index < -0.39 is 0 Å². The van der Waals surface area contributed by atoms with E-state index in [2.05, 4.69) is 17.1 Å². The van der Waals surface area contributed by atoms with Gasteiger partial charge in [-0.3, -0.25) is 9.69 Å². The summed E-state index contributed by atoms with van der Waals surface area (Å²) in [5.41, 5.74) is 5.88. The van der Waals surface area contributed by atoms with Crippen LogP contribution in [-0.2, 0) is 4.79 Å². The third kappa shape index (κ3) is 4.77. The average Bonchev–Trinajstić information content (AvgIpc) is 2.42. The molecule has 0 bridgehead atoms. The monoisotopic (exact) mass is 267 g/mol. The van der Waals surface area contributed by atoms with Crippen LogP contribution in [-0.4, -0.2) is 42.5 Å². The second-order valence-corrected chi connectivity index (χ2v) is 6.37. The zero-order chi connectivity index (χ0) is 13.7. The summed E-state index contributed by atoms with van der Waals surface area (Å²) in [6.07, 6.45) is 8.62. The first-order chi connectivity index (χ1) is 9.15. The van der Waals surface area contributed by atoms with Crippen molar-refractivity contribution in [3.8, 4) is 0 Å². The van der Waals surface area contributed by atoms with E-state index in [-0.39, 0.29) is 5.91 Å². The smallest absolute Gasteiger partial charge is 0.234 e. The fourth-order valence-electron chi connectivity index (χ4n) is 3.37. The van der Waals surface area contributed by atoms with Crippen molar-refractivity contribution >= 4 is 5.91 Å². The Morgan fingerprint density at radius 3 is 2.47 bits per heavy atom. The number of likely N-dealkylation sites (tertiary alicyclic amines) is 1. The van der Waals surface area contributed by atoms with E-state index in [1.54, 1.807) is 0 Å². The number of carbonyl (C=O) groups is 1. The van der Waals surface area contributed by atoms with Gasteiger partial charge in [-0.05, 0) is 38.5 Å². The Balaban J connectivity index is 1.68. The maximum Gasteiger partial charge on any atom is 0.234 e. The van der Waals surface area contributed by atoms with Gasteiger partial charge in [0.25, 0.3) is 0 Å². The Hall–Kier alpha value is -0.610. The molecule has 110 valence electrons. The minimum atomic E-state index is 0.188. The van der Waals surface area contributed by atoms with E-state index in [0.717, 1.165) is 25.9 Å². The number of rotatable bonds is 4. The normalized spacial score (nSPS) is 25.2. The minimum absolute atomic E-state index is 0.188. The van der Waals surface area contributed by atoms with Crippen LogP contribution in [0.5, 0.6) is 0 Å². The van der Waals surface area contributed by atoms with Gasteiger partial charge in [-0.25, -0.2) is 0 Å². The topological polar surface area (TPSA) is 58.4 Å². The van der Waals surface area contributed by atoms with E-state index in [0.29, 0.717) is 24.5 Å². The number of hydrogen-bond donors (Lipinski definition) is 2. The van der Waals surface area contributed by atoms with Gasteiger partial charge in [-0.2, -0.15) is 0 Å². The number of nitrogens with one attached hydrogen (secondary N) is 1. The largest absolute Gasteiger partial charge is 0.352 e. The van der Waals surface area contributed by atoms with Crippen LogP contribution in [0.1, 0.15) is 51.9 Å². The highest BCUT2D eigenvalue weighted by molar-refractivity contribution is 5.78. The predicted octanol–water partition coefficient (Wildman–Crippen LogP) is 1.49. The van der Waals surface area contributed by atoms with Gasteiger partial charge in [-0.1, -0.05) is 19.3 Å². The van der Waals surface area contributed by atoms with Crippen LogP contribution < -0.4 is 11.1 Å². The van der Waals surface area contributed by atoms with Gasteiger partial charge in [-0.15, -0.1) is 0 Å². The summed E-state index contributed by atoms with van der Waals surface area (Å²) >= 11 is 0. The second-order valence-electron chi connectivity index (χ2n) is 6.37. The number of carbonyl (C=O) groups excluding carboxylic acids is 1. The van der Waals surface area contributed by atoms with Crippen molar-refractivity contribution in [3.63, 3.8) is 0 Å². The van der Waals surface area contributed by atoms with Crippen molar-refractivity contribution in [2.75, 3.05) is 19.6 Å². The molecule has 0 radical (unpaired) electrons. The molecule has 4 heteroatoms. The Morgan fingerprint density at radius 1 is 1.21 bits per heavy atom. The number of nitrogens with two attached hydrogens (primary N) is 1. The molecular formula is C15H29N3O. The molecule has 1 saturated carbocycles. The first kappa shape index (κ1) is 14.8. The van der Waals surface area contributed by atoms with Crippen LogP contribution in [0.4, 0.5) is 0 Å². The summed E-state index contributed by atoms with van der Waals surface area (Å²) in [4.78, 5) is 14.3. The number of piperidine rings is 1. The summed E-state index contributed by atoms with van der Waals surface area (Å²) in [7, 11) is 0. The van der Waals surface area contributed by atoms with Crippen LogP contribution >= 0.6 is 0 Å². The summed E-state index contributed by atoms with van der Waals surface area (Å²) < 4.78 is 0. The Bertz CT molecular complexity index is 281. The molecule has 1 saturated heterocycles. The molecule has 0 aromatic rings. The molecule has 2 aliphatic rings. The molecule has 1 amide bonds. The Morgan fingerprint density at radius 2 is 1.84 bits per heavy atom. The lowest BCUT2D eigenvalue weighted by atomic mass is 9.84. The standard InChI is InChI=1S/C15H29N3O/c1-12(13-5-3-2-4-6-13)17-15(19)11-18-9-7-14(16)8-10-18/h12-14H,2-11,16H2,1H3,(H,17,19)/t12-/m0/s1. The first-order valence-electron chi connectivity index (χ1n) is 7.92. The zero-order valence-corrected chi connectivity index (χ0v) is 12.2. The molecule has 0 unspecified atom stereocenters. The van der Waals surface area contributed by atoms with Gasteiger partial charge in [0, 0.05) is 25.2 Å². The van der Waals surface area contributed by atoms with Crippen molar-refractivity contribution in [2.45, 2.75) is 64.0 Å². The SMILES string of the molecule is C[C@H](NC(=O)CN1CCC(N)CC1)C1CCCCC1. The lowest BCUT2D eigenvalue weighted by molar-refractivity contribution is -0.123. The van der Waals surface area contributed by atoms with E-state index in [1.807, 2.05) is 0 Å². The fourth-order valence-corrected chi connectivity index (χ4v) is 3.37. The molecule has 1 aliphatic heterocycles. The van der Waals surface area contributed by atoms with Gasteiger partial charge in [0.15, 0.2) is 0 Å². The fraction of sp³-hybridized carbons (Fsp3) is 0.933. The van der Waals surface area contributed by atoms with Crippen molar-refractivity contribution in [1.82, 2.24) is 10.2 Å². The molecule has 2 rings (SSSR count). The molecule has 3 N–H and O–H groups in total. The summed E-state index contributed by atoms with van der Waals surface area (Å²) in [5, 5.41) is 3.20. The summed E-state index contributed by atoms with van der Waals surface area (Å²) in [6.45, 7) is 4.64. The maximum absolute atomic E-state index is 12.1. The van der Waals surface area contributed by atoms with Crippen LogP contribution in [0.2, 0.25) is 0 Å². The average molecular weight is 267 g/mol. The number of nitrogens with zero attached hydrogens (tertiary/aromatic N) is 1. The molecule has 2 fully saturated rings. The molecule has 1 atom stereocenters. The first-order valence-corrected chi connectivity index (χ1v) is 7.92. The zero-order valence-electron chi connectivity index (χ0n) is 12.2. The second kappa shape index (κ2) is 7.25. The van der Waals surface area contributed by atoms with Crippen LogP contribution in [0.15, 0.2) is 0 Å².